The maximum absolute atomic E-state index is 13.1. The number of rotatable bonds is 6. The Labute approximate surface area is 200 Å². The Morgan fingerprint density at radius 3 is 2.74 bits per heavy atom. The highest BCUT2D eigenvalue weighted by Gasteiger charge is 2.32. The van der Waals surface area contributed by atoms with Gasteiger partial charge in [-0.2, -0.15) is 4.98 Å². The standard InChI is InChI=1S/C24H28F2N8O/c1-13-30-22-19(34(13)12-20(25)26)8-15(9-27-22)17-10-28-21-18(17)11-29-23(32-21)31-16-4-6-24(3,7-5-16)33-14(2)35/h8-11,16,20H,4-7,12H2,1-3H3,(H,33,35)(H2,28,29,31,32). The Morgan fingerprint density at radius 1 is 1.26 bits per heavy atom. The van der Waals surface area contributed by atoms with Crippen LogP contribution >= 0.6 is 0 Å². The zero-order valence-corrected chi connectivity index (χ0v) is 19.9. The van der Waals surface area contributed by atoms with Crippen molar-refractivity contribution in [1.29, 1.82) is 0 Å². The summed E-state index contributed by atoms with van der Waals surface area (Å²) in [5.41, 5.74) is 3.13. The van der Waals surface area contributed by atoms with E-state index in [0.29, 0.717) is 28.6 Å². The number of aromatic amines is 1. The van der Waals surface area contributed by atoms with Crippen LogP contribution in [0.4, 0.5) is 14.7 Å². The van der Waals surface area contributed by atoms with Crippen molar-refractivity contribution in [1.82, 2.24) is 34.8 Å². The van der Waals surface area contributed by atoms with Gasteiger partial charge in [-0.1, -0.05) is 0 Å². The molecule has 35 heavy (non-hydrogen) atoms. The van der Waals surface area contributed by atoms with Gasteiger partial charge in [0, 0.05) is 53.6 Å². The summed E-state index contributed by atoms with van der Waals surface area (Å²) in [6, 6.07) is 2.06. The van der Waals surface area contributed by atoms with Gasteiger partial charge in [0.2, 0.25) is 11.9 Å². The number of carbonyl (C=O) groups excluding carboxylic acids is 1. The number of aromatic nitrogens is 6. The topological polar surface area (TPSA) is 113 Å². The first-order valence-electron chi connectivity index (χ1n) is 11.7. The zero-order chi connectivity index (χ0) is 24.7. The Hall–Kier alpha value is -3.63. The number of alkyl halides is 2. The van der Waals surface area contributed by atoms with Gasteiger partial charge in [-0.25, -0.2) is 23.7 Å². The van der Waals surface area contributed by atoms with E-state index in [-0.39, 0.29) is 17.5 Å². The SMILES string of the molecule is CC(=O)NC1(C)CCC(Nc2ncc3c(-c4cnc5nc(C)n(CC(F)F)c5c4)c[nH]c3n2)CC1. The minimum atomic E-state index is -2.48. The number of anilines is 1. The van der Waals surface area contributed by atoms with Gasteiger partial charge in [0.05, 0.1) is 12.1 Å². The summed E-state index contributed by atoms with van der Waals surface area (Å²) in [4.78, 5) is 32.5. The van der Waals surface area contributed by atoms with Crippen LogP contribution in [0.25, 0.3) is 33.3 Å². The lowest BCUT2D eigenvalue weighted by Crippen LogP contribution is -2.49. The van der Waals surface area contributed by atoms with Crippen LogP contribution in [-0.2, 0) is 11.3 Å². The van der Waals surface area contributed by atoms with Crippen molar-refractivity contribution >= 4 is 34.1 Å². The molecule has 11 heteroatoms. The average molecular weight is 483 g/mol. The van der Waals surface area contributed by atoms with E-state index in [1.807, 2.05) is 12.3 Å². The van der Waals surface area contributed by atoms with Crippen LogP contribution in [-0.4, -0.2) is 53.4 Å². The van der Waals surface area contributed by atoms with Gasteiger partial charge in [-0.3, -0.25) is 4.79 Å². The molecule has 0 radical (unpaired) electrons. The molecule has 184 valence electrons. The number of pyridine rings is 1. The molecule has 0 saturated heterocycles. The number of nitrogens with zero attached hydrogens (tertiary/aromatic N) is 5. The summed E-state index contributed by atoms with van der Waals surface area (Å²) in [5.74, 6) is 1.04. The lowest BCUT2D eigenvalue weighted by atomic mass is 9.81. The third-order valence-corrected chi connectivity index (χ3v) is 6.76. The molecule has 4 aromatic rings. The summed E-state index contributed by atoms with van der Waals surface area (Å²) in [6.07, 6.45) is 6.37. The number of halogens is 2. The van der Waals surface area contributed by atoms with Crippen LogP contribution in [0.15, 0.2) is 24.7 Å². The summed E-state index contributed by atoms with van der Waals surface area (Å²) in [7, 11) is 0. The van der Waals surface area contributed by atoms with Crippen molar-refractivity contribution < 1.29 is 13.6 Å². The number of hydrogen-bond donors (Lipinski definition) is 3. The highest BCUT2D eigenvalue weighted by molar-refractivity contribution is 5.95. The van der Waals surface area contributed by atoms with Gasteiger partial charge in [-0.15, -0.1) is 0 Å². The van der Waals surface area contributed by atoms with Gasteiger partial charge in [0.25, 0.3) is 6.43 Å². The third kappa shape index (κ3) is 4.67. The zero-order valence-electron chi connectivity index (χ0n) is 19.9. The molecule has 5 rings (SSSR count). The van der Waals surface area contributed by atoms with Gasteiger partial charge in [0.15, 0.2) is 5.65 Å². The molecule has 1 fully saturated rings. The van der Waals surface area contributed by atoms with Gasteiger partial charge in [-0.05, 0) is 45.6 Å². The van der Waals surface area contributed by atoms with Crippen LogP contribution in [0.1, 0.15) is 45.4 Å². The smallest absolute Gasteiger partial charge is 0.256 e. The first-order valence-corrected chi connectivity index (χ1v) is 11.7. The number of carbonyl (C=O) groups is 1. The van der Waals surface area contributed by atoms with Crippen molar-refractivity contribution in [2.75, 3.05) is 5.32 Å². The number of amides is 1. The molecule has 1 aliphatic carbocycles. The van der Waals surface area contributed by atoms with E-state index < -0.39 is 13.0 Å². The molecule has 0 atom stereocenters. The van der Waals surface area contributed by atoms with E-state index in [1.54, 1.807) is 26.2 Å². The fraction of sp³-hybridized carbons (Fsp3) is 0.458. The van der Waals surface area contributed by atoms with E-state index in [1.165, 1.54) is 4.57 Å². The normalized spacial score (nSPS) is 20.6. The highest BCUT2D eigenvalue weighted by atomic mass is 19.3. The van der Waals surface area contributed by atoms with Crippen molar-refractivity contribution in [2.45, 2.75) is 71.0 Å². The second-order valence-corrected chi connectivity index (χ2v) is 9.55. The Bertz CT molecular complexity index is 1390. The molecule has 4 aromatic heterocycles. The summed E-state index contributed by atoms with van der Waals surface area (Å²) in [5, 5.41) is 7.29. The predicted octanol–water partition coefficient (Wildman–Crippen LogP) is 4.19. The van der Waals surface area contributed by atoms with Crippen molar-refractivity contribution in [3.8, 4) is 11.1 Å². The average Bonchev–Trinajstić information content (AvgIpc) is 3.35. The molecule has 1 saturated carbocycles. The third-order valence-electron chi connectivity index (χ3n) is 6.76. The lowest BCUT2D eigenvalue weighted by molar-refractivity contribution is -0.121. The van der Waals surface area contributed by atoms with Crippen molar-refractivity contribution in [2.24, 2.45) is 0 Å². The molecule has 0 spiro atoms. The van der Waals surface area contributed by atoms with E-state index in [4.69, 9.17) is 0 Å². The molecule has 0 aromatic carbocycles. The van der Waals surface area contributed by atoms with E-state index in [0.717, 1.165) is 42.2 Å². The number of nitrogens with one attached hydrogen (secondary N) is 3. The molecule has 4 heterocycles. The molecular formula is C24H28F2N8O. The number of aryl methyl sites for hydroxylation is 1. The number of imidazole rings is 1. The molecular weight excluding hydrogens is 454 g/mol. The Balaban J connectivity index is 1.36. The van der Waals surface area contributed by atoms with Crippen LogP contribution in [0, 0.1) is 6.92 Å². The van der Waals surface area contributed by atoms with Crippen LogP contribution in [0.5, 0.6) is 0 Å². The molecule has 1 aliphatic rings. The maximum Gasteiger partial charge on any atom is 0.256 e. The lowest BCUT2D eigenvalue weighted by Gasteiger charge is -2.38. The fourth-order valence-electron chi connectivity index (χ4n) is 4.98. The first-order chi connectivity index (χ1) is 16.7. The highest BCUT2D eigenvalue weighted by Crippen LogP contribution is 2.32. The molecule has 9 nitrogen and oxygen atoms in total. The number of H-pyrrole nitrogens is 1. The maximum atomic E-state index is 13.1. The minimum Gasteiger partial charge on any atom is -0.351 e. The fourth-order valence-corrected chi connectivity index (χ4v) is 4.98. The van der Waals surface area contributed by atoms with Gasteiger partial charge >= 0.3 is 0 Å². The molecule has 0 bridgehead atoms. The summed E-state index contributed by atoms with van der Waals surface area (Å²) in [6.45, 7) is 4.91. The number of hydrogen-bond acceptors (Lipinski definition) is 6. The van der Waals surface area contributed by atoms with Crippen LogP contribution < -0.4 is 10.6 Å². The number of fused-ring (bicyclic) bond motifs is 2. The largest absolute Gasteiger partial charge is 0.351 e. The van der Waals surface area contributed by atoms with Crippen LogP contribution in [0.2, 0.25) is 0 Å². The second kappa shape index (κ2) is 8.86. The van der Waals surface area contributed by atoms with Crippen molar-refractivity contribution in [3.63, 3.8) is 0 Å². The monoisotopic (exact) mass is 482 g/mol. The van der Waals surface area contributed by atoms with Crippen LogP contribution in [0.3, 0.4) is 0 Å². The van der Waals surface area contributed by atoms with E-state index in [2.05, 4.69) is 42.5 Å². The van der Waals surface area contributed by atoms with Crippen molar-refractivity contribution in [3.05, 3.63) is 30.5 Å². The summed E-state index contributed by atoms with van der Waals surface area (Å²) >= 11 is 0. The van der Waals surface area contributed by atoms with E-state index in [9.17, 15) is 13.6 Å². The van der Waals surface area contributed by atoms with Gasteiger partial charge < -0.3 is 20.2 Å². The summed E-state index contributed by atoms with van der Waals surface area (Å²) < 4.78 is 27.6. The Morgan fingerprint density at radius 2 is 2.03 bits per heavy atom. The first kappa shape index (κ1) is 23.1. The molecule has 1 amide bonds. The molecule has 3 N–H and O–H groups in total. The van der Waals surface area contributed by atoms with Gasteiger partial charge in [0.1, 0.15) is 11.5 Å². The van der Waals surface area contributed by atoms with E-state index >= 15 is 0 Å². The Kier molecular flexibility index (Phi) is 5.86. The quantitative estimate of drug-likeness (QED) is 0.380. The molecule has 0 unspecified atom stereocenters. The predicted molar refractivity (Wildman–Crippen MR) is 129 cm³/mol. The molecule has 0 aliphatic heterocycles. The second-order valence-electron chi connectivity index (χ2n) is 9.55. The minimum absolute atomic E-state index is 0.00166.